The standard InChI is InChI=1S/C16H19N5O3S/c1-11-15(12(2)24-19-11)25(22,23)21-9-7-20(8-10-21)16-17-13-5-3-4-6-14(13)18-16/h3-6H,7-10H2,1-2H3,(H,17,18). The third kappa shape index (κ3) is 2.69. The van der Waals surface area contributed by atoms with Gasteiger partial charge in [0, 0.05) is 26.2 Å². The molecular weight excluding hydrogens is 342 g/mol. The van der Waals surface area contributed by atoms with E-state index in [0.717, 1.165) is 17.0 Å². The van der Waals surface area contributed by atoms with E-state index in [-0.39, 0.29) is 4.90 Å². The monoisotopic (exact) mass is 361 g/mol. The number of rotatable bonds is 3. The van der Waals surface area contributed by atoms with Crippen molar-refractivity contribution in [2.45, 2.75) is 18.7 Å². The molecule has 3 aromatic rings. The van der Waals surface area contributed by atoms with Gasteiger partial charge in [-0.25, -0.2) is 13.4 Å². The number of imidazole rings is 1. The normalized spacial score (nSPS) is 16.6. The number of nitrogens with zero attached hydrogens (tertiary/aromatic N) is 4. The van der Waals surface area contributed by atoms with Crippen molar-refractivity contribution in [3.63, 3.8) is 0 Å². The minimum Gasteiger partial charge on any atom is -0.360 e. The summed E-state index contributed by atoms with van der Waals surface area (Å²) in [4.78, 5) is 10.1. The van der Waals surface area contributed by atoms with Crippen LogP contribution in [0.5, 0.6) is 0 Å². The Kier molecular flexibility index (Phi) is 3.77. The maximum absolute atomic E-state index is 12.9. The number of hydrogen-bond acceptors (Lipinski definition) is 6. The summed E-state index contributed by atoms with van der Waals surface area (Å²) >= 11 is 0. The summed E-state index contributed by atoms with van der Waals surface area (Å²) < 4.78 is 32.2. The molecule has 0 unspecified atom stereocenters. The third-order valence-corrected chi connectivity index (χ3v) is 6.62. The number of hydrogen-bond donors (Lipinski definition) is 1. The van der Waals surface area contributed by atoms with Crippen LogP contribution in [-0.4, -0.2) is 54.0 Å². The highest BCUT2D eigenvalue weighted by atomic mass is 32.2. The molecule has 25 heavy (non-hydrogen) atoms. The Labute approximate surface area is 145 Å². The lowest BCUT2D eigenvalue weighted by atomic mass is 10.3. The van der Waals surface area contributed by atoms with Gasteiger partial charge in [-0.3, -0.25) is 0 Å². The Bertz CT molecular complexity index is 963. The fraction of sp³-hybridized carbons (Fsp3) is 0.375. The lowest BCUT2D eigenvalue weighted by molar-refractivity contribution is 0.377. The molecule has 3 heterocycles. The molecule has 4 rings (SSSR count). The Morgan fingerprint density at radius 3 is 2.48 bits per heavy atom. The van der Waals surface area contributed by atoms with E-state index in [9.17, 15) is 8.42 Å². The number of anilines is 1. The molecule has 0 radical (unpaired) electrons. The van der Waals surface area contributed by atoms with Gasteiger partial charge in [0.25, 0.3) is 0 Å². The first-order valence-electron chi connectivity index (χ1n) is 8.09. The average Bonchev–Trinajstić information content (AvgIpc) is 3.18. The van der Waals surface area contributed by atoms with Crippen LogP contribution in [0.4, 0.5) is 5.95 Å². The van der Waals surface area contributed by atoms with Crippen LogP contribution in [0, 0.1) is 13.8 Å². The molecule has 1 N–H and O–H groups in total. The first-order chi connectivity index (χ1) is 12.0. The molecule has 0 bridgehead atoms. The van der Waals surface area contributed by atoms with Gasteiger partial charge >= 0.3 is 0 Å². The SMILES string of the molecule is Cc1noc(C)c1S(=O)(=O)N1CCN(c2nc3ccccc3[nH]2)CC1. The number of H-pyrrole nitrogens is 1. The number of para-hydroxylation sites is 2. The van der Waals surface area contributed by atoms with Gasteiger partial charge in [-0.1, -0.05) is 17.3 Å². The molecule has 132 valence electrons. The molecule has 1 fully saturated rings. The second-order valence-corrected chi connectivity index (χ2v) is 8.00. The number of benzene rings is 1. The molecule has 1 aromatic carbocycles. The number of sulfonamides is 1. The number of fused-ring (bicyclic) bond motifs is 1. The van der Waals surface area contributed by atoms with Crippen LogP contribution in [0.15, 0.2) is 33.7 Å². The molecule has 0 amide bonds. The first-order valence-corrected chi connectivity index (χ1v) is 9.53. The van der Waals surface area contributed by atoms with Crippen molar-refractivity contribution >= 4 is 27.0 Å². The highest BCUT2D eigenvalue weighted by Crippen LogP contribution is 2.25. The van der Waals surface area contributed by atoms with Crippen molar-refractivity contribution < 1.29 is 12.9 Å². The fourth-order valence-corrected chi connectivity index (χ4v) is 4.91. The second-order valence-electron chi connectivity index (χ2n) is 6.12. The number of aromatic nitrogens is 3. The van der Waals surface area contributed by atoms with Crippen LogP contribution in [0.3, 0.4) is 0 Å². The summed E-state index contributed by atoms with van der Waals surface area (Å²) in [5.74, 6) is 1.10. The summed E-state index contributed by atoms with van der Waals surface area (Å²) in [6.07, 6.45) is 0. The molecule has 0 atom stereocenters. The summed E-state index contributed by atoms with van der Waals surface area (Å²) in [6, 6.07) is 7.83. The zero-order valence-corrected chi connectivity index (χ0v) is 14.9. The zero-order valence-electron chi connectivity index (χ0n) is 14.1. The van der Waals surface area contributed by atoms with E-state index in [1.165, 1.54) is 4.31 Å². The summed E-state index contributed by atoms with van der Waals surface area (Å²) in [7, 11) is -3.59. The van der Waals surface area contributed by atoms with Gasteiger partial charge in [-0.15, -0.1) is 0 Å². The second kappa shape index (κ2) is 5.85. The maximum Gasteiger partial charge on any atom is 0.248 e. The van der Waals surface area contributed by atoms with Gasteiger partial charge in [-0.05, 0) is 26.0 Å². The highest BCUT2D eigenvalue weighted by Gasteiger charge is 2.33. The molecule has 9 heteroatoms. The van der Waals surface area contributed by atoms with Gasteiger partial charge in [-0.2, -0.15) is 4.31 Å². The fourth-order valence-electron chi connectivity index (χ4n) is 3.20. The van der Waals surface area contributed by atoms with Crippen LogP contribution in [0.25, 0.3) is 11.0 Å². The number of aryl methyl sites for hydroxylation is 2. The van der Waals surface area contributed by atoms with Crippen LogP contribution >= 0.6 is 0 Å². The van der Waals surface area contributed by atoms with Crippen molar-refractivity contribution in [1.29, 1.82) is 0 Å². The highest BCUT2D eigenvalue weighted by molar-refractivity contribution is 7.89. The van der Waals surface area contributed by atoms with Gasteiger partial charge in [0.1, 0.15) is 10.6 Å². The van der Waals surface area contributed by atoms with E-state index < -0.39 is 10.0 Å². The van der Waals surface area contributed by atoms with Crippen molar-refractivity contribution in [3.8, 4) is 0 Å². The van der Waals surface area contributed by atoms with Crippen LogP contribution in [-0.2, 0) is 10.0 Å². The predicted octanol–water partition coefficient (Wildman–Crippen LogP) is 1.68. The smallest absolute Gasteiger partial charge is 0.248 e. The quantitative estimate of drug-likeness (QED) is 0.763. The number of aromatic amines is 1. The Balaban J connectivity index is 1.53. The van der Waals surface area contributed by atoms with Gasteiger partial charge in [0.15, 0.2) is 5.76 Å². The van der Waals surface area contributed by atoms with Gasteiger partial charge in [0.05, 0.1) is 11.0 Å². The van der Waals surface area contributed by atoms with E-state index in [4.69, 9.17) is 4.52 Å². The molecule has 8 nitrogen and oxygen atoms in total. The summed E-state index contributed by atoms with van der Waals surface area (Å²) in [5.41, 5.74) is 2.28. The Morgan fingerprint density at radius 1 is 1.12 bits per heavy atom. The molecule has 0 saturated carbocycles. The van der Waals surface area contributed by atoms with Crippen molar-refractivity contribution in [2.24, 2.45) is 0 Å². The van der Waals surface area contributed by atoms with Crippen LogP contribution in [0.1, 0.15) is 11.5 Å². The minimum absolute atomic E-state index is 0.185. The molecule has 1 aliphatic rings. The van der Waals surface area contributed by atoms with E-state index in [0.29, 0.717) is 37.6 Å². The van der Waals surface area contributed by atoms with E-state index in [1.54, 1.807) is 13.8 Å². The number of piperazine rings is 1. The Hall–Kier alpha value is -2.39. The summed E-state index contributed by atoms with van der Waals surface area (Å²) in [6.45, 7) is 5.20. The molecule has 2 aromatic heterocycles. The van der Waals surface area contributed by atoms with Crippen LogP contribution < -0.4 is 4.90 Å². The van der Waals surface area contributed by atoms with Crippen LogP contribution in [0.2, 0.25) is 0 Å². The first kappa shape index (κ1) is 16.1. The van der Waals surface area contributed by atoms with Crippen molar-refractivity contribution in [2.75, 3.05) is 31.1 Å². The predicted molar refractivity (Wildman–Crippen MR) is 93.0 cm³/mol. The minimum atomic E-state index is -3.59. The molecule has 1 saturated heterocycles. The third-order valence-electron chi connectivity index (χ3n) is 4.48. The van der Waals surface area contributed by atoms with Crippen molar-refractivity contribution in [3.05, 3.63) is 35.7 Å². The van der Waals surface area contributed by atoms with Crippen molar-refractivity contribution in [1.82, 2.24) is 19.4 Å². The topological polar surface area (TPSA) is 95.3 Å². The molecule has 0 spiro atoms. The van der Waals surface area contributed by atoms with Gasteiger partial charge in [0.2, 0.25) is 16.0 Å². The maximum atomic E-state index is 12.9. The van der Waals surface area contributed by atoms with E-state index in [2.05, 4.69) is 20.0 Å². The molecule has 1 aliphatic heterocycles. The number of nitrogens with one attached hydrogen (secondary N) is 1. The summed E-state index contributed by atoms with van der Waals surface area (Å²) in [5, 5.41) is 3.76. The lowest BCUT2D eigenvalue weighted by Gasteiger charge is -2.33. The largest absolute Gasteiger partial charge is 0.360 e. The lowest BCUT2D eigenvalue weighted by Crippen LogP contribution is -2.49. The molecular formula is C16H19N5O3S. The zero-order chi connectivity index (χ0) is 17.6. The Morgan fingerprint density at radius 2 is 1.84 bits per heavy atom. The van der Waals surface area contributed by atoms with Gasteiger partial charge < -0.3 is 14.4 Å². The van der Waals surface area contributed by atoms with E-state index >= 15 is 0 Å². The average molecular weight is 361 g/mol. The van der Waals surface area contributed by atoms with E-state index in [1.807, 2.05) is 24.3 Å². The molecule has 0 aliphatic carbocycles.